The van der Waals surface area contributed by atoms with E-state index in [2.05, 4.69) is 0 Å². The van der Waals surface area contributed by atoms with Gasteiger partial charge in [-0.15, -0.1) is 0 Å². The monoisotopic (exact) mass is 176 g/mol. The third-order valence-corrected chi connectivity index (χ3v) is 1.96. The first kappa shape index (κ1) is 9.16. The zero-order chi connectivity index (χ0) is 9.19. The van der Waals surface area contributed by atoms with Gasteiger partial charge in [-0.2, -0.15) is 8.78 Å². The third kappa shape index (κ3) is 1.62. The second kappa shape index (κ2) is 3.21. The summed E-state index contributed by atoms with van der Waals surface area (Å²) >= 11 is 0. The van der Waals surface area contributed by atoms with E-state index in [9.17, 15) is 13.6 Å². The maximum atomic E-state index is 12.8. The van der Waals surface area contributed by atoms with Gasteiger partial charge in [0.2, 0.25) is 0 Å². The largest absolute Gasteiger partial charge is 0.477 e. The Kier molecular flexibility index (Phi) is 2.45. The summed E-state index contributed by atoms with van der Waals surface area (Å²) in [5.74, 6) is -5.70. The van der Waals surface area contributed by atoms with Crippen LogP contribution in [0.5, 0.6) is 0 Å². The molecule has 0 amide bonds. The molecule has 1 N–H and O–H groups in total. The Labute approximate surface area is 68.9 Å². The lowest BCUT2D eigenvalue weighted by Crippen LogP contribution is -2.31. The van der Waals surface area contributed by atoms with E-state index >= 15 is 0 Å². The van der Waals surface area contributed by atoms with Crippen molar-refractivity contribution >= 4 is 5.97 Å². The van der Waals surface area contributed by atoms with Crippen molar-refractivity contribution < 1.29 is 18.7 Å². The van der Waals surface area contributed by atoms with Gasteiger partial charge in [0.15, 0.2) is 0 Å². The highest BCUT2D eigenvalue weighted by molar-refractivity contribution is 5.79. The minimum absolute atomic E-state index is 0.208. The predicted molar refractivity (Wildman–Crippen MR) is 39.1 cm³/mol. The Bertz CT molecular complexity index is 221. The SMILES string of the molecule is O=C(O)C(F)(F)C1=CCCCC1. The lowest BCUT2D eigenvalue weighted by molar-refractivity contribution is -0.159. The van der Waals surface area contributed by atoms with Gasteiger partial charge in [-0.25, -0.2) is 4.79 Å². The Hall–Kier alpha value is -0.930. The van der Waals surface area contributed by atoms with Crippen LogP contribution in [-0.2, 0) is 4.79 Å². The summed E-state index contributed by atoms with van der Waals surface area (Å²) in [5, 5.41) is 8.20. The van der Waals surface area contributed by atoms with E-state index in [1.807, 2.05) is 0 Å². The van der Waals surface area contributed by atoms with Gasteiger partial charge >= 0.3 is 11.9 Å². The van der Waals surface area contributed by atoms with Crippen LogP contribution in [0.15, 0.2) is 11.6 Å². The maximum absolute atomic E-state index is 12.8. The average molecular weight is 176 g/mol. The van der Waals surface area contributed by atoms with E-state index in [1.165, 1.54) is 6.08 Å². The van der Waals surface area contributed by atoms with Gasteiger partial charge in [0, 0.05) is 5.57 Å². The minimum atomic E-state index is -3.65. The Balaban J connectivity index is 2.79. The molecule has 0 aromatic carbocycles. The molecule has 1 aliphatic carbocycles. The number of rotatable bonds is 2. The first-order chi connectivity index (χ1) is 5.55. The zero-order valence-electron chi connectivity index (χ0n) is 6.52. The fourth-order valence-electron chi connectivity index (χ4n) is 1.26. The summed E-state index contributed by atoms with van der Waals surface area (Å²) in [6, 6.07) is 0. The minimum Gasteiger partial charge on any atom is -0.477 e. The van der Waals surface area contributed by atoms with Crippen molar-refractivity contribution in [3.05, 3.63) is 11.6 Å². The molecular formula is C8H10F2O2. The van der Waals surface area contributed by atoms with Crippen LogP contribution in [0.1, 0.15) is 25.7 Å². The zero-order valence-corrected chi connectivity index (χ0v) is 6.52. The number of carboxylic acids is 1. The highest BCUT2D eigenvalue weighted by Crippen LogP contribution is 2.31. The molecule has 4 heteroatoms. The summed E-state index contributed by atoms with van der Waals surface area (Å²) in [6.07, 6.45) is 3.66. The number of carboxylic acid groups (broad SMARTS) is 1. The van der Waals surface area contributed by atoms with Crippen molar-refractivity contribution in [2.24, 2.45) is 0 Å². The van der Waals surface area contributed by atoms with Crippen molar-refractivity contribution in [2.75, 3.05) is 0 Å². The van der Waals surface area contributed by atoms with Crippen molar-refractivity contribution in [3.8, 4) is 0 Å². The molecule has 1 rings (SSSR count). The first-order valence-corrected chi connectivity index (χ1v) is 3.86. The molecule has 1 aliphatic rings. The van der Waals surface area contributed by atoms with Gasteiger partial charge in [-0.1, -0.05) is 6.08 Å². The number of hydrogen-bond donors (Lipinski definition) is 1. The molecule has 2 nitrogen and oxygen atoms in total. The quantitative estimate of drug-likeness (QED) is 0.655. The van der Waals surface area contributed by atoms with Gasteiger partial charge < -0.3 is 5.11 Å². The summed E-state index contributed by atoms with van der Waals surface area (Å²) in [4.78, 5) is 10.1. The topological polar surface area (TPSA) is 37.3 Å². The van der Waals surface area contributed by atoms with Crippen LogP contribution in [0.2, 0.25) is 0 Å². The molecule has 0 radical (unpaired) electrons. The van der Waals surface area contributed by atoms with Crippen LogP contribution < -0.4 is 0 Å². The second-order valence-corrected chi connectivity index (χ2v) is 2.85. The summed E-state index contributed by atoms with van der Waals surface area (Å²) in [6.45, 7) is 0. The number of allylic oxidation sites excluding steroid dienone is 1. The van der Waals surface area contributed by atoms with E-state index in [1.54, 1.807) is 0 Å². The molecule has 0 fully saturated rings. The van der Waals surface area contributed by atoms with Crippen LogP contribution in [0, 0.1) is 0 Å². The Morgan fingerprint density at radius 1 is 1.50 bits per heavy atom. The van der Waals surface area contributed by atoms with Crippen LogP contribution in [0.3, 0.4) is 0 Å². The molecular weight excluding hydrogens is 166 g/mol. The number of carbonyl (C=O) groups is 1. The molecule has 0 unspecified atom stereocenters. The lowest BCUT2D eigenvalue weighted by Gasteiger charge is -2.18. The van der Waals surface area contributed by atoms with Crippen LogP contribution in [0.4, 0.5) is 8.78 Å². The smallest absolute Gasteiger partial charge is 0.379 e. The average Bonchev–Trinajstić information content (AvgIpc) is 2.06. The van der Waals surface area contributed by atoms with Gasteiger partial charge in [0.25, 0.3) is 0 Å². The Morgan fingerprint density at radius 3 is 2.58 bits per heavy atom. The number of hydrogen-bond acceptors (Lipinski definition) is 1. The summed E-state index contributed by atoms with van der Waals surface area (Å²) in [7, 11) is 0. The highest BCUT2D eigenvalue weighted by atomic mass is 19.3. The predicted octanol–water partition coefficient (Wildman–Crippen LogP) is 2.21. The van der Waals surface area contributed by atoms with E-state index in [-0.39, 0.29) is 12.0 Å². The van der Waals surface area contributed by atoms with Crippen LogP contribution in [-0.4, -0.2) is 17.0 Å². The third-order valence-electron chi connectivity index (χ3n) is 1.96. The van der Waals surface area contributed by atoms with E-state index in [0.717, 1.165) is 6.42 Å². The highest BCUT2D eigenvalue weighted by Gasteiger charge is 2.42. The second-order valence-electron chi connectivity index (χ2n) is 2.85. The number of alkyl halides is 2. The molecule has 0 heterocycles. The van der Waals surface area contributed by atoms with Crippen molar-refractivity contribution in [1.29, 1.82) is 0 Å². The number of halogens is 2. The first-order valence-electron chi connectivity index (χ1n) is 3.86. The van der Waals surface area contributed by atoms with E-state index < -0.39 is 11.9 Å². The molecule has 0 atom stereocenters. The summed E-state index contributed by atoms with van der Waals surface area (Å²) in [5.41, 5.74) is -0.235. The van der Waals surface area contributed by atoms with Gasteiger partial charge in [-0.3, -0.25) is 0 Å². The van der Waals surface area contributed by atoms with Gasteiger partial charge in [0.1, 0.15) is 0 Å². The Morgan fingerprint density at radius 2 is 2.17 bits per heavy atom. The maximum Gasteiger partial charge on any atom is 0.379 e. The molecule has 0 aromatic rings. The molecule has 0 bridgehead atoms. The summed E-state index contributed by atoms with van der Waals surface area (Å²) < 4.78 is 25.5. The van der Waals surface area contributed by atoms with Gasteiger partial charge in [0.05, 0.1) is 0 Å². The van der Waals surface area contributed by atoms with Crippen LogP contribution >= 0.6 is 0 Å². The lowest BCUT2D eigenvalue weighted by atomic mass is 9.95. The molecule has 0 saturated carbocycles. The normalized spacial score (nSPS) is 18.7. The van der Waals surface area contributed by atoms with Crippen LogP contribution in [0.25, 0.3) is 0 Å². The van der Waals surface area contributed by atoms with Crippen molar-refractivity contribution in [2.45, 2.75) is 31.6 Å². The van der Waals surface area contributed by atoms with Gasteiger partial charge in [-0.05, 0) is 25.7 Å². The van der Waals surface area contributed by atoms with Crippen molar-refractivity contribution in [1.82, 2.24) is 0 Å². The molecule has 0 aromatic heterocycles. The fraction of sp³-hybridized carbons (Fsp3) is 0.625. The molecule has 68 valence electrons. The number of aliphatic carboxylic acids is 1. The molecule has 0 aliphatic heterocycles. The standard InChI is InChI=1S/C8H10F2O2/c9-8(10,7(11)12)6-4-2-1-3-5-6/h4H,1-3,5H2,(H,11,12). The van der Waals surface area contributed by atoms with E-state index in [4.69, 9.17) is 5.11 Å². The molecule has 0 spiro atoms. The molecule has 0 saturated heterocycles. The molecule has 12 heavy (non-hydrogen) atoms. The van der Waals surface area contributed by atoms with Crippen molar-refractivity contribution in [3.63, 3.8) is 0 Å². The fourth-order valence-corrected chi connectivity index (χ4v) is 1.26. The van der Waals surface area contributed by atoms with E-state index in [0.29, 0.717) is 12.8 Å².